The Balaban J connectivity index is 1.28. The number of benzene rings is 2. The average molecular weight is 397 g/mol. The standard InChI is InChI=1S/C21H21ClN4O2/c22-18-8-6-16(7-9-18)14-20(27)26-12-10-25(11-13-26)15-19-23-21(28-24-19)17-4-2-1-3-5-17/h1-9H,10-15H2. The van der Waals surface area contributed by atoms with E-state index in [1.807, 2.05) is 59.5 Å². The maximum Gasteiger partial charge on any atom is 0.257 e. The van der Waals surface area contributed by atoms with Gasteiger partial charge in [-0.2, -0.15) is 4.98 Å². The van der Waals surface area contributed by atoms with Crippen LogP contribution in [0.15, 0.2) is 59.1 Å². The van der Waals surface area contributed by atoms with E-state index in [4.69, 9.17) is 16.1 Å². The van der Waals surface area contributed by atoms with Gasteiger partial charge in [0, 0.05) is 36.8 Å². The molecule has 1 fully saturated rings. The Morgan fingerprint density at radius 3 is 2.43 bits per heavy atom. The van der Waals surface area contributed by atoms with Crippen molar-refractivity contribution >= 4 is 17.5 Å². The predicted molar refractivity (Wildman–Crippen MR) is 107 cm³/mol. The van der Waals surface area contributed by atoms with Gasteiger partial charge in [-0.15, -0.1) is 0 Å². The van der Waals surface area contributed by atoms with E-state index in [1.165, 1.54) is 0 Å². The fourth-order valence-electron chi connectivity index (χ4n) is 3.26. The fraction of sp³-hybridized carbons (Fsp3) is 0.286. The third-order valence-corrected chi connectivity index (χ3v) is 5.10. The number of carbonyl (C=O) groups is 1. The first kappa shape index (κ1) is 18.7. The lowest BCUT2D eigenvalue weighted by Crippen LogP contribution is -2.48. The maximum atomic E-state index is 12.5. The summed E-state index contributed by atoms with van der Waals surface area (Å²) in [4.78, 5) is 21.1. The van der Waals surface area contributed by atoms with Crippen LogP contribution in [0, 0.1) is 0 Å². The third kappa shape index (κ3) is 4.58. The molecular weight excluding hydrogens is 376 g/mol. The summed E-state index contributed by atoms with van der Waals surface area (Å²) in [7, 11) is 0. The topological polar surface area (TPSA) is 62.5 Å². The molecule has 2 heterocycles. The van der Waals surface area contributed by atoms with Gasteiger partial charge in [-0.3, -0.25) is 9.69 Å². The van der Waals surface area contributed by atoms with Crippen molar-refractivity contribution in [2.75, 3.05) is 26.2 Å². The van der Waals surface area contributed by atoms with Gasteiger partial charge >= 0.3 is 0 Å². The largest absolute Gasteiger partial charge is 0.340 e. The Kier molecular flexibility index (Phi) is 5.69. The van der Waals surface area contributed by atoms with Crippen LogP contribution in [0.25, 0.3) is 11.5 Å². The predicted octanol–water partition coefficient (Wildman–Crippen LogP) is 3.28. The van der Waals surface area contributed by atoms with Crippen LogP contribution in [0.3, 0.4) is 0 Å². The number of piperazine rings is 1. The van der Waals surface area contributed by atoms with E-state index in [0.29, 0.717) is 42.8 Å². The molecule has 1 amide bonds. The number of aromatic nitrogens is 2. The molecule has 3 aromatic rings. The first-order valence-electron chi connectivity index (χ1n) is 9.30. The minimum absolute atomic E-state index is 0.146. The Morgan fingerprint density at radius 1 is 1.00 bits per heavy atom. The van der Waals surface area contributed by atoms with Gasteiger partial charge in [-0.25, -0.2) is 0 Å². The zero-order valence-corrected chi connectivity index (χ0v) is 16.2. The highest BCUT2D eigenvalue weighted by atomic mass is 35.5. The van der Waals surface area contributed by atoms with E-state index in [2.05, 4.69) is 15.0 Å². The molecule has 0 bridgehead atoms. The van der Waals surface area contributed by atoms with Gasteiger partial charge in [0.1, 0.15) is 0 Å². The molecule has 28 heavy (non-hydrogen) atoms. The summed E-state index contributed by atoms with van der Waals surface area (Å²) in [6.45, 7) is 3.62. The maximum absolute atomic E-state index is 12.5. The summed E-state index contributed by atoms with van der Waals surface area (Å²) >= 11 is 5.90. The van der Waals surface area contributed by atoms with Crippen molar-refractivity contribution in [2.24, 2.45) is 0 Å². The summed E-state index contributed by atoms with van der Waals surface area (Å²) in [5, 5.41) is 4.77. The number of hydrogen-bond acceptors (Lipinski definition) is 5. The Hall–Kier alpha value is -2.70. The lowest BCUT2D eigenvalue weighted by atomic mass is 10.1. The van der Waals surface area contributed by atoms with Gasteiger partial charge in [0.25, 0.3) is 5.89 Å². The van der Waals surface area contributed by atoms with Gasteiger partial charge in [0.2, 0.25) is 5.91 Å². The van der Waals surface area contributed by atoms with Gasteiger partial charge < -0.3 is 9.42 Å². The van der Waals surface area contributed by atoms with Crippen LogP contribution in [-0.2, 0) is 17.8 Å². The van der Waals surface area contributed by atoms with Crippen LogP contribution < -0.4 is 0 Å². The molecule has 0 atom stereocenters. The average Bonchev–Trinajstić information content (AvgIpc) is 3.19. The number of carbonyl (C=O) groups excluding carboxylic acids is 1. The summed E-state index contributed by atoms with van der Waals surface area (Å²) in [5.74, 6) is 1.35. The highest BCUT2D eigenvalue weighted by Crippen LogP contribution is 2.17. The highest BCUT2D eigenvalue weighted by Gasteiger charge is 2.22. The van der Waals surface area contributed by atoms with Gasteiger partial charge in [0.15, 0.2) is 5.82 Å². The number of hydrogen-bond donors (Lipinski definition) is 0. The smallest absolute Gasteiger partial charge is 0.257 e. The molecule has 2 aromatic carbocycles. The molecule has 6 nitrogen and oxygen atoms in total. The molecule has 0 radical (unpaired) electrons. The molecule has 0 spiro atoms. The fourth-order valence-corrected chi connectivity index (χ4v) is 3.39. The molecule has 1 aliphatic heterocycles. The van der Waals surface area contributed by atoms with Crippen LogP contribution >= 0.6 is 11.6 Å². The summed E-state index contributed by atoms with van der Waals surface area (Å²) in [5.41, 5.74) is 1.90. The quantitative estimate of drug-likeness (QED) is 0.662. The Bertz CT molecular complexity index is 919. The lowest BCUT2D eigenvalue weighted by Gasteiger charge is -2.34. The van der Waals surface area contributed by atoms with Crippen molar-refractivity contribution in [3.05, 3.63) is 71.0 Å². The third-order valence-electron chi connectivity index (χ3n) is 4.85. The molecular formula is C21H21ClN4O2. The second kappa shape index (κ2) is 8.54. The summed E-state index contributed by atoms with van der Waals surface area (Å²) in [6, 6.07) is 17.2. The Labute approximate surface area is 168 Å². The van der Waals surface area contributed by atoms with Crippen LogP contribution in [0.5, 0.6) is 0 Å². The minimum Gasteiger partial charge on any atom is -0.340 e. The van der Waals surface area contributed by atoms with Crippen molar-refractivity contribution < 1.29 is 9.32 Å². The van der Waals surface area contributed by atoms with E-state index in [0.717, 1.165) is 24.2 Å². The number of rotatable bonds is 5. The monoisotopic (exact) mass is 396 g/mol. The SMILES string of the molecule is O=C(Cc1ccc(Cl)cc1)N1CCN(Cc2noc(-c3ccccc3)n2)CC1. The second-order valence-electron chi connectivity index (χ2n) is 6.84. The van der Waals surface area contributed by atoms with Crippen molar-refractivity contribution in [3.63, 3.8) is 0 Å². The molecule has 0 saturated carbocycles. The number of nitrogens with zero attached hydrogens (tertiary/aromatic N) is 4. The van der Waals surface area contributed by atoms with E-state index < -0.39 is 0 Å². The molecule has 7 heteroatoms. The van der Waals surface area contributed by atoms with Crippen molar-refractivity contribution in [2.45, 2.75) is 13.0 Å². The summed E-state index contributed by atoms with van der Waals surface area (Å²) in [6.07, 6.45) is 0.405. The summed E-state index contributed by atoms with van der Waals surface area (Å²) < 4.78 is 5.36. The lowest BCUT2D eigenvalue weighted by molar-refractivity contribution is -0.132. The van der Waals surface area contributed by atoms with E-state index in [9.17, 15) is 4.79 Å². The molecule has 1 saturated heterocycles. The van der Waals surface area contributed by atoms with Crippen molar-refractivity contribution in [1.82, 2.24) is 19.9 Å². The van der Waals surface area contributed by atoms with Crippen LogP contribution in [0.1, 0.15) is 11.4 Å². The van der Waals surface area contributed by atoms with Crippen LogP contribution in [0.2, 0.25) is 5.02 Å². The van der Waals surface area contributed by atoms with Crippen molar-refractivity contribution in [1.29, 1.82) is 0 Å². The second-order valence-corrected chi connectivity index (χ2v) is 7.28. The molecule has 4 rings (SSSR count). The number of amides is 1. The van der Waals surface area contributed by atoms with Crippen molar-refractivity contribution in [3.8, 4) is 11.5 Å². The normalized spacial score (nSPS) is 15.0. The van der Waals surface area contributed by atoms with Gasteiger partial charge in [0.05, 0.1) is 13.0 Å². The first-order valence-corrected chi connectivity index (χ1v) is 9.68. The van der Waals surface area contributed by atoms with Gasteiger partial charge in [-0.05, 0) is 29.8 Å². The van der Waals surface area contributed by atoms with E-state index >= 15 is 0 Å². The zero-order valence-electron chi connectivity index (χ0n) is 15.4. The molecule has 144 valence electrons. The molecule has 0 aliphatic carbocycles. The first-order chi connectivity index (χ1) is 13.7. The molecule has 1 aromatic heterocycles. The molecule has 0 N–H and O–H groups in total. The zero-order chi connectivity index (χ0) is 19.3. The van der Waals surface area contributed by atoms with Crippen LogP contribution in [-0.4, -0.2) is 52.0 Å². The van der Waals surface area contributed by atoms with E-state index in [-0.39, 0.29) is 5.91 Å². The van der Waals surface area contributed by atoms with Crippen LogP contribution in [0.4, 0.5) is 0 Å². The molecule has 1 aliphatic rings. The minimum atomic E-state index is 0.146. The molecule has 0 unspecified atom stereocenters. The van der Waals surface area contributed by atoms with Gasteiger partial charge in [-0.1, -0.05) is 47.1 Å². The van der Waals surface area contributed by atoms with E-state index in [1.54, 1.807) is 0 Å². The Morgan fingerprint density at radius 2 is 1.71 bits per heavy atom. The number of halogens is 1. The highest BCUT2D eigenvalue weighted by molar-refractivity contribution is 6.30.